The van der Waals surface area contributed by atoms with Crippen molar-refractivity contribution in [2.75, 3.05) is 26.4 Å². The zero-order valence-electron chi connectivity index (χ0n) is 43.5. The van der Waals surface area contributed by atoms with Crippen molar-refractivity contribution in [2.24, 2.45) is 5.73 Å². The number of ether oxygens (including phenoxy) is 2. The minimum absolute atomic E-state index is 0.0444. The van der Waals surface area contributed by atoms with Crippen LogP contribution in [0.2, 0.25) is 0 Å². The van der Waals surface area contributed by atoms with E-state index in [4.69, 9.17) is 24.3 Å². The smallest absolute Gasteiger partial charge is 0.462 e. The van der Waals surface area contributed by atoms with E-state index < -0.39 is 32.5 Å². The summed E-state index contributed by atoms with van der Waals surface area (Å²) in [7, 11) is -4.39. The van der Waals surface area contributed by atoms with Crippen LogP contribution in [0.1, 0.15) is 206 Å². The number of nitrogens with two attached hydrogens (primary N) is 1. The van der Waals surface area contributed by atoms with E-state index >= 15 is 0 Å². The Kier molecular flexibility index (Phi) is 51.0. The maximum Gasteiger partial charge on any atom is 0.472 e. The van der Waals surface area contributed by atoms with Gasteiger partial charge in [0.15, 0.2) is 6.10 Å². The average Bonchev–Trinajstić information content (AvgIpc) is 3.34. The van der Waals surface area contributed by atoms with Crippen molar-refractivity contribution in [1.82, 2.24) is 0 Å². The number of carbonyl (C=O) groups excluding carboxylic acids is 2. The van der Waals surface area contributed by atoms with Crippen molar-refractivity contribution in [2.45, 2.75) is 213 Å². The van der Waals surface area contributed by atoms with E-state index in [9.17, 15) is 19.0 Å². The molecule has 10 heteroatoms. The van der Waals surface area contributed by atoms with Gasteiger partial charge in [0.2, 0.25) is 0 Å². The lowest BCUT2D eigenvalue weighted by Crippen LogP contribution is -2.29. The van der Waals surface area contributed by atoms with Gasteiger partial charge in [-0.25, -0.2) is 4.57 Å². The SMILES string of the molecule is CC/C=C\C/C=C\C/C=C\C/C=C\C/C=C\C/C=C\C/C=C\C/C=C\C/C=C\CCCCCCCCCC(=O)OC(COC(=O)CCCCCCC/C=C\CCCCCC)COP(=O)(O)OCCN. The highest BCUT2D eigenvalue weighted by molar-refractivity contribution is 7.47. The zero-order valence-corrected chi connectivity index (χ0v) is 44.4. The van der Waals surface area contributed by atoms with Gasteiger partial charge in [0.05, 0.1) is 13.2 Å². The molecule has 0 aromatic heterocycles. The Labute approximate surface area is 421 Å². The Morgan fingerprint density at radius 2 is 0.797 bits per heavy atom. The van der Waals surface area contributed by atoms with Crippen LogP contribution in [-0.4, -0.2) is 49.3 Å². The minimum atomic E-state index is -4.39. The molecule has 0 fully saturated rings. The number of rotatable bonds is 49. The first-order valence-corrected chi connectivity index (χ1v) is 28.5. The van der Waals surface area contributed by atoms with Crippen molar-refractivity contribution in [3.63, 3.8) is 0 Å². The summed E-state index contributed by atoms with van der Waals surface area (Å²) in [5.74, 6) is -0.860. The summed E-state index contributed by atoms with van der Waals surface area (Å²) in [5.41, 5.74) is 5.36. The van der Waals surface area contributed by atoms with Crippen LogP contribution in [0.15, 0.2) is 122 Å². The number of phosphoric ester groups is 1. The largest absolute Gasteiger partial charge is 0.472 e. The van der Waals surface area contributed by atoms with Gasteiger partial charge in [-0.15, -0.1) is 0 Å². The molecule has 0 aromatic rings. The summed E-state index contributed by atoms with van der Waals surface area (Å²) < 4.78 is 32.9. The molecule has 9 nitrogen and oxygen atoms in total. The fraction of sp³-hybridized carbons (Fsp3) is 0.627. The van der Waals surface area contributed by atoms with Crippen molar-refractivity contribution in [1.29, 1.82) is 0 Å². The number of hydrogen-bond donors (Lipinski definition) is 2. The van der Waals surface area contributed by atoms with Crippen molar-refractivity contribution < 1.29 is 37.6 Å². The van der Waals surface area contributed by atoms with Gasteiger partial charge in [-0.3, -0.25) is 18.6 Å². The molecular formula is C59H98NO8P. The van der Waals surface area contributed by atoms with Gasteiger partial charge in [-0.05, 0) is 109 Å². The molecule has 2 atom stereocenters. The Morgan fingerprint density at radius 1 is 0.449 bits per heavy atom. The number of phosphoric acid groups is 1. The molecule has 0 saturated carbocycles. The van der Waals surface area contributed by atoms with Crippen LogP contribution in [0.5, 0.6) is 0 Å². The maximum atomic E-state index is 12.7. The van der Waals surface area contributed by atoms with E-state index in [-0.39, 0.29) is 32.6 Å². The molecule has 0 aliphatic rings. The van der Waals surface area contributed by atoms with E-state index in [0.29, 0.717) is 12.8 Å². The number of carbonyl (C=O) groups is 2. The molecule has 0 aliphatic carbocycles. The van der Waals surface area contributed by atoms with Crippen LogP contribution in [0.4, 0.5) is 0 Å². The third kappa shape index (κ3) is 53.6. The number of unbranched alkanes of at least 4 members (excludes halogenated alkanes) is 16. The van der Waals surface area contributed by atoms with Crippen LogP contribution < -0.4 is 5.73 Å². The second kappa shape index (κ2) is 53.8. The molecule has 3 N–H and O–H groups in total. The number of allylic oxidation sites excluding steroid dienone is 20. The van der Waals surface area contributed by atoms with Gasteiger partial charge < -0.3 is 20.1 Å². The van der Waals surface area contributed by atoms with Crippen LogP contribution >= 0.6 is 7.82 Å². The van der Waals surface area contributed by atoms with Gasteiger partial charge in [0.1, 0.15) is 6.61 Å². The van der Waals surface area contributed by atoms with Crippen LogP contribution in [0.25, 0.3) is 0 Å². The lowest BCUT2D eigenvalue weighted by Gasteiger charge is -2.19. The Bertz CT molecular complexity index is 1540. The van der Waals surface area contributed by atoms with E-state index in [2.05, 4.69) is 135 Å². The second-order valence-corrected chi connectivity index (χ2v) is 18.8. The normalized spacial score (nSPS) is 14.1. The van der Waals surface area contributed by atoms with Gasteiger partial charge in [0.25, 0.3) is 0 Å². The van der Waals surface area contributed by atoms with E-state index in [1.807, 2.05) is 0 Å². The lowest BCUT2D eigenvalue weighted by atomic mass is 10.1. The molecular weight excluding hydrogens is 882 g/mol. The molecule has 0 amide bonds. The summed E-state index contributed by atoms with van der Waals surface area (Å²) in [5, 5.41) is 0. The van der Waals surface area contributed by atoms with E-state index in [1.54, 1.807) is 0 Å². The molecule has 69 heavy (non-hydrogen) atoms. The van der Waals surface area contributed by atoms with Gasteiger partial charge in [-0.1, -0.05) is 206 Å². The van der Waals surface area contributed by atoms with Crippen molar-refractivity contribution in [3.05, 3.63) is 122 Å². The quantitative estimate of drug-likeness (QED) is 0.0264. The Hall–Kier alpha value is -3.59. The first-order valence-electron chi connectivity index (χ1n) is 27.0. The predicted octanol–water partition coefficient (Wildman–Crippen LogP) is 16.8. The van der Waals surface area contributed by atoms with Crippen LogP contribution in [-0.2, 0) is 32.7 Å². The molecule has 0 radical (unpaired) electrons. The van der Waals surface area contributed by atoms with E-state index in [1.165, 1.54) is 44.9 Å². The Morgan fingerprint density at radius 3 is 1.20 bits per heavy atom. The van der Waals surface area contributed by atoms with Gasteiger partial charge >= 0.3 is 19.8 Å². The molecule has 0 spiro atoms. The maximum absolute atomic E-state index is 12.7. The fourth-order valence-electron chi connectivity index (χ4n) is 6.86. The molecule has 0 rings (SSSR count). The third-order valence-corrected chi connectivity index (χ3v) is 11.8. The molecule has 0 aromatic carbocycles. The molecule has 0 saturated heterocycles. The summed E-state index contributed by atoms with van der Waals surface area (Å²) in [4.78, 5) is 35.0. The standard InChI is InChI=1S/C59H98NO8P/c1-3-5-7-9-11-13-15-17-18-19-20-21-22-23-24-25-26-27-28-29-30-31-32-33-34-35-36-37-38-40-42-44-46-48-50-52-59(62)68-57(56-67-69(63,64)66-54-53-60)55-65-58(61)51-49-47-45-43-41-39-16-14-12-10-8-6-4-2/h5,7,11,13-14,16-18,20-21,23-24,26-27,29-30,32-33,35-36,57H,3-4,6,8-10,12,15,19,22,25,28,31,34,37-56,60H2,1-2H3,(H,63,64)/b7-5-,13-11-,16-14-,18-17-,21-20-,24-23-,27-26-,30-29-,33-32-,36-35-. The predicted molar refractivity (Wildman–Crippen MR) is 293 cm³/mol. The molecule has 2 unspecified atom stereocenters. The summed E-state index contributed by atoms with van der Waals surface area (Å²) in [6, 6.07) is 0. The van der Waals surface area contributed by atoms with Crippen LogP contribution in [0.3, 0.4) is 0 Å². The number of hydrogen-bond acceptors (Lipinski definition) is 8. The van der Waals surface area contributed by atoms with Crippen LogP contribution in [0, 0.1) is 0 Å². The fourth-order valence-corrected chi connectivity index (χ4v) is 7.62. The average molecular weight is 980 g/mol. The highest BCUT2D eigenvalue weighted by Crippen LogP contribution is 2.43. The summed E-state index contributed by atoms with van der Waals surface area (Å²) in [6.45, 7) is 3.57. The Balaban J connectivity index is 4.04. The summed E-state index contributed by atoms with van der Waals surface area (Å²) in [6.07, 6.45) is 73.9. The van der Waals surface area contributed by atoms with E-state index in [0.717, 1.165) is 122 Å². The lowest BCUT2D eigenvalue weighted by molar-refractivity contribution is -0.161. The molecule has 0 bridgehead atoms. The first-order chi connectivity index (χ1) is 33.8. The zero-order chi connectivity index (χ0) is 50.2. The molecule has 0 aliphatic heterocycles. The highest BCUT2D eigenvalue weighted by Gasteiger charge is 2.26. The third-order valence-electron chi connectivity index (χ3n) is 10.8. The highest BCUT2D eigenvalue weighted by atomic mass is 31.2. The minimum Gasteiger partial charge on any atom is -0.462 e. The van der Waals surface area contributed by atoms with Crippen molar-refractivity contribution >= 4 is 19.8 Å². The second-order valence-electron chi connectivity index (χ2n) is 17.4. The summed E-state index contributed by atoms with van der Waals surface area (Å²) >= 11 is 0. The molecule has 392 valence electrons. The monoisotopic (exact) mass is 980 g/mol. The number of esters is 2. The van der Waals surface area contributed by atoms with Crippen molar-refractivity contribution in [3.8, 4) is 0 Å². The first kappa shape index (κ1) is 65.4. The van der Waals surface area contributed by atoms with Gasteiger partial charge in [-0.2, -0.15) is 0 Å². The topological polar surface area (TPSA) is 134 Å². The molecule has 0 heterocycles. The van der Waals surface area contributed by atoms with Gasteiger partial charge in [0, 0.05) is 19.4 Å².